The van der Waals surface area contributed by atoms with Crippen LogP contribution in [0.1, 0.15) is 18.4 Å². The normalized spacial score (nSPS) is 10.9. The summed E-state index contributed by atoms with van der Waals surface area (Å²) in [4.78, 5) is 12.1. The minimum absolute atomic E-state index is 0.000804. The number of benzene rings is 2. The molecule has 0 saturated carbocycles. The van der Waals surface area contributed by atoms with Gasteiger partial charge in [-0.15, -0.1) is 0 Å². The quantitative estimate of drug-likeness (QED) is 0.382. The van der Waals surface area contributed by atoms with Gasteiger partial charge in [0.15, 0.2) is 0 Å². The third kappa shape index (κ3) is 6.44. The van der Waals surface area contributed by atoms with Crippen LogP contribution in [0.2, 0.25) is 10.0 Å². The monoisotopic (exact) mass is 387 g/mol. The molecule has 2 aromatic rings. The first kappa shape index (κ1) is 19.8. The van der Waals surface area contributed by atoms with E-state index >= 15 is 0 Å². The van der Waals surface area contributed by atoms with Crippen molar-refractivity contribution in [3.8, 4) is 6.07 Å². The zero-order valence-corrected chi connectivity index (χ0v) is 15.6. The van der Waals surface area contributed by atoms with Crippen LogP contribution in [0.25, 0.3) is 0 Å². The van der Waals surface area contributed by atoms with Crippen molar-refractivity contribution in [3.05, 3.63) is 75.9 Å². The smallest absolute Gasteiger partial charge is 0.267 e. The van der Waals surface area contributed by atoms with E-state index in [4.69, 9.17) is 28.5 Å². The number of rotatable bonds is 8. The van der Waals surface area contributed by atoms with E-state index in [2.05, 4.69) is 22.8 Å². The molecule has 0 fully saturated rings. The lowest BCUT2D eigenvalue weighted by molar-refractivity contribution is -0.112. The van der Waals surface area contributed by atoms with E-state index in [1.807, 2.05) is 24.3 Å². The largest absolute Gasteiger partial charge is 0.390 e. The molecule has 0 aromatic heterocycles. The summed E-state index contributed by atoms with van der Waals surface area (Å²) in [5, 5.41) is 15.5. The van der Waals surface area contributed by atoms with Gasteiger partial charge in [0.05, 0.1) is 10.0 Å². The van der Waals surface area contributed by atoms with E-state index < -0.39 is 5.91 Å². The van der Waals surface area contributed by atoms with E-state index in [-0.39, 0.29) is 5.57 Å². The number of nitrogens with one attached hydrogen (secondary N) is 2. The van der Waals surface area contributed by atoms with Crippen molar-refractivity contribution in [1.29, 1.82) is 5.26 Å². The van der Waals surface area contributed by atoms with Gasteiger partial charge in [-0.05, 0) is 43.0 Å². The highest BCUT2D eigenvalue weighted by molar-refractivity contribution is 6.42. The Morgan fingerprint density at radius 3 is 2.54 bits per heavy atom. The van der Waals surface area contributed by atoms with Gasteiger partial charge in [0.25, 0.3) is 5.91 Å². The van der Waals surface area contributed by atoms with E-state index in [9.17, 15) is 4.79 Å². The summed E-state index contributed by atoms with van der Waals surface area (Å²) in [6.07, 6.45) is 4.42. The van der Waals surface area contributed by atoms with Crippen molar-refractivity contribution in [1.82, 2.24) is 5.32 Å². The summed E-state index contributed by atoms with van der Waals surface area (Å²) in [6, 6.07) is 16.9. The molecule has 0 aliphatic rings. The summed E-state index contributed by atoms with van der Waals surface area (Å²) < 4.78 is 0. The van der Waals surface area contributed by atoms with Crippen LogP contribution in [0.15, 0.2) is 60.3 Å². The molecule has 6 heteroatoms. The van der Waals surface area contributed by atoms with Gasteiger partial charge in [-0.2, -0.15) is 5.26 Å². The predicted octanol–water partition coefficient (Wildman–Crippen LogP) is 4.95. The molecule has 4 nitrogen and oxygen atoms in total. The Morgan fingerprint density at radius 2 is 1.85 bits per heavy atom. The summed E-state index contributed by atoms with van der Waals surface area (Å²) in [6.45, 7) is 0.693. The number of hydrogen-bond donors (Lipinski definition) is 2. The second-order valence-electron chi connectivity index (χ2n) is 5.65. The fraction of sp³-hybridized carbons (Fsp3) is 0.200. The molecule has 0 spiro atoms. The molecule has 0 aliphatic heterocycles. The maximum Gasteiger partial charge on any atom is 0.267 e. The van der Waals surface area contributed by atoms with Gasteiger partial charge in [0.2, 0.25) is 0 Å². The van der Waals surface area contributed by atoms with Crippen molar-refractivity contribution in [2.24, 2.45) is 0 Å². The van der Waals surface area contributed by atoms with Gasteiger partial charge >= 0.3 is 0 Å². The number of aryl methyl sites for hydroxylation is 1. The number of amides is 1. The number of hydrogen-bond acceptors (Lipinski definition) is 3. The average molecular weight is 388 g/mol. The van der Waals surface area contributed by atoms with Crippen LogP contribution in [-0.4, -0.2) is 12.5 Å². The first-order valence-corrected chi connectivity index (χ1v) is 8.99. The zero-order chi connectivity index (χ0) is 18.8. The van der Waals surface area contributed by atoms with Crippen LogP contribution in [0, 0.1) is 11.3 Å². The number of unbranched alkanes of at least 4 members (excludes halogenated alkanes) is 1. The van der Waals surface area contributed by atoms with Crippen molar-refractivity contribution in [2.75, 3.05) is 11.9 Å². The average Bonchev–Trinajstić information content (AvgIpc) is 2.65. The Bertz CT molecular complexity index is 814. The minimum atomic E-state index is -0.498. The molecular formula is C20H19Cl2N3O. The second kappa shape index (κ2) is 10.5. The van der Waals surface area contributed by atoms with Crippen LogP contribution in [0.3, 0.4) is 0 Å². The van der Waals surface area contributed by atoms with E-state index in [1.165, 1.54) is 17.8 Å². The Hall–Kier alpha value is -2.48. The number of nitriles is 1. The molecule has 0 unspecified atom stereocenters. The van der Waals surface area contributed by atoms with E-state index in [1.54, 1.807) is 12.1 Å². The molecule has 0 saturated heterocycles. The number of nitrogens with zero attached hydrogens (tertiary/aromatic N) is 1. The molecule has 0 bridgehead atoms. The van der Waals surface area contributed by atoms with Crippen LogP contribution in [0.5, 0.6) is 0 Å². The number of halogens is 2. The van der Waals surface area contributed by atoms with Gasteiger partial charge in [0, 0.05) is 18.4 Å². The lowest BCUT2D eigenvalue weighted by Crippen LogP contribution is -2.17. The van der Waals surface area contributed by atoms with Crippen molar-refractivity contribution in [2.45, 2.75) is 19.3 Å². The summed E-state index contributed by atoms with van der Waals surface area (Å²) in [5.41, 5.74) is 1.79. The Morgan fingerprint density at radius 1 is 1.08 bits per heavy atom. The highest BCUT2D eigenvalue weighted by atomic mass is 35.5. The molecule has 2 N–H and O–H groups in total. The van der Waals surface area contributed by atoms with Gasteiger partial charge in [-0.25, -0.2) is 0 Å². The summed E-state index contributed by atoms with van der Waals surface area (Å²) in [7, 11) is 0. The lowest BCUT2D eigenvalue weighted by atomic mass is 10.1. The van der Waals surface area contributed by atoms with Crippen molar-refractivity contribution >= 4 is 34.8 Å². The fourth-order valence-electron chi connectivity index (χ4n) is 2.30. The third-order valence-corrected chi connectivity index (χ3v) is 4.41. The zero-order valence-electron chi connectivity index (χ0n) is 14.1. The third-order valence-electron chi connectivity index (χ3n) is 3.67. The Labute approximate surface area is 163 Å². The van der Waals surface area contributed by atoms with Gasteiger partial charge < -0.3 is 10.6 Å². The lowest BCUT2D eigenvalue weighted by Gasteiger charge is -2.06. The second-order valence-corrected chi connectivity index (χ2v) is 6.46. The first-order chi connectivity index (χ1) is 12.6. The molecule has 2 rings (SSSR count). The van der Waals surface area contributed by atoms with E-state index in [0.29, 0.717) is 22.3 Å². The van der Waals surface area contributed by atoms with Crippen LogP contribution in [-0.2, 0) is 11.2 Å². The molecule has 0 heterocycles. The Balaban J connectivity index is 1.76. The molecular weight excluding hydrogens is 369 g/mol. The van der Waals surface area contributed by atoms with Crippen LogP contribution < -0.4 is 10.6 Å². The molecule has 26 heavy (non-hydrogen) atoms. The summed E-state index contributed by atoms with van der Waals surface area (Å²) >= 11 is 11.7. The molecule has 134 valence electrons. The van der Waals surface area contributed by atoms with Gasteiger partial charge in [-0.3, -0.25) is 4.79 Å². The van der Waals surface area contributed by atoms with Crippen molar-refractivity contribution in [3.63, 3.8) is 0 Å². The molecule has 0 atom stereocenters. The van der Waals surface area contributed by atoms with Crippen molar-refractivity contribution < 1.29 is 4.79 Å². The standard InChI is InChI=1S/C20H19Cl2N3O/c21-18-10-9-17(12-19(18)22)25-20(26)16(13-23)14-24-11-5-4-8-15-6-2-1-3-7-15/h1-3,6-7,9-10,12,14,24H,4-5,8,11H2,(H,25,26)/b16-14-. The topological polar surface area (TPSA) is 64.9 Å². The Kier molecular flexibility index (Phi) is 8.01. The molecule has 0 radical (unpaired) electrons. The van der Waals surface area contributed by atoms with Gasteiger partial charge in [0.1, 0.15) is 11.6 Å². The number of anilines is 1. The fourth-order valence-corrected chi connectivity index (χ4v) is 2.59. The minimum Gasteiger partial charge on any atom is -0.390 e. The van der Waals surface area contributed by atoms with Crippen LogP contribution >= 0.6 is 23.2 Å². The summed E-state index contributed by atoms with van der Waals surface area (Å²) in [5.74, 6) is -0.498. The number of carbonyl (C=O) groups excluding carboxylic acids is 1. The maximum atomic E-state index is 12.1. The molecule has 0 aliphatic carbocycles. The maximum absolute atomic E-state index is 12.1. The predicted molar refractivity (Wildman–Crippen MR) is 106 cm³/mol. The SMILES string of the molecule is N#C/C(=C/NCCCCc1ccccc1)C(=O)Nc1ccc(Cl)c(Cl)c1. The van der Waals surface area contributed by atoms with Crippen LogP contribution in [0.4, 0.5) is 5.69 Å². The highest BCUT2D eigenvalue weighted by Crippen LogP contribution is 2.25. The number of carbonyl (C=O) groups is 1. The highest BCUT2D eigenvalue weighted by Gasteiger charge is 2.10. The van der Waals surface area contributed by atoms with E-state index in [0.717, 1.165) is 19.3 Å². The molecule has 2 aromatic carbocycles. The first-order valence-electron chi connectivity index (χ1n) is 8.24. The van der Waals surface area contributed by atoms with Gasteiger partial charge in [-0.1, -0.05) is 53.5 Å². The molecule has 1 amide bonds.